The predicted octanol–water partition coefficient (Wildman–Crippen LogP) is 7.37. The Morgan fingerprint density at radius 1 is 0.821 bits per heavy atom. The minimum atomic E-state index is 0.330. The topological polar surface area (TPSA) is 24.4 Å². The van der Waals surface area contributed by atoms with Gasteiger partial charge >= 0.3 is 0 Å². The van der Waals surface area contributed by atoms with Gasteiger partial charge in [-0.15, -0.1) is 0 Å². The molecule has 2 nitrogen and oxygen atoms in total. The standard InChI is InChI=1S/C26H32N2/c1-17(2)23-12-9-13-24(18(3)4)26(23)28-27-16-21-10-7-8-11-25(21)22-14-19(5)20(6)15-22/h7-18,22,28H,1-6H3. The van der Waals surface area contributed by atoms with Crippen molar-refractivity contribution in [3.63, 3.8) is 0 Å². The fourth-order valence-corrected chi connectivity index (χ4v) is 3.81. The molecule has 146 valence electrons. The van der Waals surface area contributed by atoms with Gasteiger partial charge in [0, 0.05) is 5.92 Å². The molecule has 1 aliphatic carbocycles. The van der Waals surface area contributed by atoms with Crippen LogP contribution in [0.15, 0.2) is 70.9 Å². The Morgan fingerprint density at radius 3 is 1.96 bits per heavy atom. The van der Waals surface area contributed by atoms with E-state index >= 15 is 0 Å². The monoisotopic (exact) mass is 372 g/mol. The molecule has 0 radical (unpaired) electrons. The van der Waals surface area contributed by atoms with E-state index in [1.54, 1.807) is 0 Å². The summed E-state index contributed by atoms with van der Waals surface area (Å²) in [6, 6.07) is 15.1. The number of hydrogen-bond acceptors (Lipinski definition) is 2. The van der Waals surface area contributed by atoms with Crippen molar-refractivity contribution >= 4 is 11.9 Å². The zero-order valence-electron chi connectivity index (χ0n) is 18.0. The average Bonchev–Trinajstić information content (AvgIpc) is 3.00. The molecule has 2 aromatic carbocycles. The van der Waals surface area contributed by atoms with E-state index in [4.69, 9.17) is 0 Å². The third-order valence-corrected chi connectivity index (χ3v) is 5.59. The lowest BCUT2D eigenvalue weighted by Gasteiger charge is -2.18. The van der Waals surface area contributed by atoms with Crippen LogP contribution in [0.4, 0.5) is 5.69 Å². The number of nitrogens with one attached hydrogen (secondary N) is 1. The van der Waals surface area contributed by atoms with Crippen LogP contribution < -0.4 is 5.43 Å². The Morgan fingerprint density at radius 2 is 1.39 bits per heavy atom. The molecule has 1 N–H and O–H groups in total. The van der Waals surface area contributed by atoms with Gasteiger partial charge in [-0.05, 0) is 47.9 Å². The van der Waals surface area contributed by atoms with Crippen LogP contribution in [0.25, 0.3) is 0 Å². The maximum atomic E-state index is 4.65. The van der Waals surface area contributed by atoms with Gasteiger partial charge in [0.2, 0.25) is 0 Å². The molecule has 0 fully saturated rings. The van der Waals surface area contributed by atoms with Gasteiger partial charge in [0.1, 0.15) is 0 Å². The number of hydrogen-bond donors (Lipinski definition) is 1. The highest BCUT2D eigenvalue weighted by atomic mass is 15.3. The zero-order chi connectivity index (χ0) is 20.3. The Bertz CT molecular complexity index is 885. The Balaban J connectivity index is 1.90. The van der Waals surface area contributed by atoms with E-state index in [2.05, 4.69) is 107 Å². The summed E-state index contributed by atoms with van der Waals surface area (Å²) in [6.45, 7) is 13.3. The van der Waals surface area contributed by atoms with Crippen molar-refractivity contribution in [3.8, 4) is 0 Å². The zero-order valence-corrected chi connectivity index (χ0v) is 18.0. The summed E-state index contributed by atoms with van der Waals surface area (Å²) < 4.78 is 0. The third kappa shape index (κ3) is 4.27. The van der Waals surface area contributed by atoms with Crippen molar-refractivity contribution in [2.45, 2.75) is 59.3 Å². The molecule has 0 atom stereocenters. The molecular formula is C26H32N2. The van der Waals surface area contributed by atoms with Crippen LogP contribution in [-0.4, -0.2) is 6.21 Å². The molecule has 0 spiro atoms. The summed E-state index contributed by atoms with van der Waals surface area (Å²) in [5.74, 6) is 1.23. The van der Waals surface area contributed by atoms with Crippen LogP contribution in [0, 0.1) is 0 Å². The fourth-order valence-electron chi connectivity index (χ4n) is 3.81. The quantitative estimate of drug-likeness (QED) is 0.415. The number of allylic oxidation sites excluding steroid dienone is 4. The Hall–Kier alpha value is -2.61. The first-order valence-corrected chi connectivity index (χ1v) is 10.3. The van der Waals surface area contributed by atoms with Crippen molar-refractivity contribution in [3.05, 3.63) is 88.0 Å². The van der Waals surface area contributed by atoms with Crippen molar-refractivity contribution in [2.75, 3.05) is 5.43 Å². The maximum absolute atomic E-state index is 4.65. The van der Waals surface area contributed by atoms with E-state index in [1.165, 1.54) is 27.8 Å². The van der Waals surface area contributed by atoms with Gasteiger partial charge in [-0.1, -0.05) is 93.5 Å². The van der Waals surface area contributed by atoms with Gasteiger partial charge in [0.15, 0.2) is 0 Å². The van der Waals surface area contributed by atoms with E-state index in [0.717, 1.165) is 11.3 Å². The number of rotatable bonds is 6. The summed E-state index contributed by atoms with van der Waals surface area (Å²) in [4.78, 5) is 0. The molecule has 0 heterocycles. The smallest absolute Gasteiger partial charge is 0.0630 e. The lowest BCUT2D eigenvalue weighted by Crippen LogP contribution is -2.04. The Labute approximate surface area is 170 Å². The molecule has 2 heteroatoms. The molecule has 0 unspecified atom stereocenters. The molecule has 0 amide bonds. The normalized spacial score (nSPS) is 14.9. The molecule has 0 bridgehead atoms. The first-order valence-electron chi connectivity index (χ1n) is 10.3. The van der Waals surface area contributed by atoms with Gasteiger partial charge < -0.3 is 0 Å². The van der Waals surface area contributed by atoms with Crippen molar-refractivity contribution in [2.24, 2.45) is 5.10 Å². The number of anilines is 1. The van der Waals surface area contributed by atoms with Gasteiger partial charge in [-0.3, -0.25) is 5.43 Å². The highest BCUT2D eigenvalue weighted by Gasteiger charge is 2.16. The number of benzene rings is 2. The third-order valence-electron chi connectivity index (χ3n) is 5.59. The number of hydrazone groups is 1. The second kappa shape index (κ2) is 8.60. The highest BCUT2D eigenvalue weighted by Crippen LogP contribution is 2.33. The van der Waals surface area contributed by atoms with Crippen molar-refractivity contribution in [1.82, 2.24) is 0 Å². The second-order valence-electron chi connectivity index (χ2n) is 8.34. The molecule has 1 aliphatic rings. The van der Waals surface area contributed by atoms with Crippen LogP contribution in [0.5, 0.6) is 0 Å². The molecule has 2 aromatic rings. The summed E-state index contributed by atoms with van der Waals surface area (Å²) in [7, 11) is 0. The maximum Gasteiger partial charge on any atom is 0.0630 e. The first kappa shape index (κ1) is 20.1. The average molecular weight is 373 g/mol. The summed E-state index contributed by atoms with van der Waals surface area (Å²) in [5, 5.41) is 4.65. The fraction of sp³-hybridized carbons (Fsp3) is 0.346. The molecule has 28 heavy (non-hydrogen) atoms. The van der Waals surface area contributed by atoms with Crippen molar-refractivity contribution in [1.29, 1.82) is 0 Å². The summed E-state index contributed by atoms with van der Waals surface area (Å²) >= 11 is 0. The second-order valence-corrected chi connectivity index (χ2v) is 8.34. The van der Waals surface area contributed by atoms with Crippen LogP contribution >= 0.6 is 0 Å². The van der Waals surface area contributed by atoms with E-state index in [-0.39, 0.29) is 0 Å². The first-order chi connectivity index (χ1) is 13.4. The molecule has 3 rings (SSSR count). The SMILES string of the molecule is CC1=CC(c2ccccc2C=NNc2c(C(C)C)cccc2C(C)C)C=C1C. The van der Waals surface area contributed by atoms with E-state index in [0.29, 0.717) is 17.8 Å². The van der Waals surface area contributed by atoms with Crippen LogP contribution in [0.2, 0.25) is 0 Å². The lowest BCUT2D eigenvalue weighted by atomic mass is 9.93. The van der Waals surface area contributed by atoms with Gasteiger partial charge in [0.05, 0.1) is 11.9 Å². The number of nitrogens with zero attached hydrogens (tertiary/aromatic N) is 1. The molecular weight excluding hydrogens is 340 g/mol. The molecule has 0 aliphatic heterocycles. The van der Waals surface area contributed by atoms with Gasteiger partial charge in [-0.2, -0.15) is 5.10 Å². The predicted molar refractivity (Wildman–Crippen MR) is 123 cm³/mol. The van der Waals surface area contributed by atoms with Crippen molar-refractivity contribution < 1.29 is 0 Å². The minimum absolute atomic E-state index is 0.330. The summed E-state index contributed by atoms with van der Waals surface area (Å²) in [5.41, 5.74) is 12.3. The number of para-hydroxylation sites is 1. The minimum Gasteiger partial charge on any atom is -0.278 e. The molecule has 0 aromatic heterocycles. The summed E-state index contributed by atoms with van der Waals surface area (Å²) in [6.07, 6.45) is 6.63. The van der Waals surface area contributed by atoms with E-state index < -0.39 is 0 Å². The molecule has 0 saturated carbocycles. The van der Waals surface area contributed by atoms with Crippen LogP contribution in [0.3, 0.4) is 0 Å². The van der Waals surface area contributed by atoms with Gasteiger partial charge in [-0.25, -0.2) is 0 Å². The van der Waals surface area contributed by atoms with Crippen LogP contribution in [-0.2, 0) is 0 Å². The molecule has 0 saturated heterocycles. The highest BCUT2D eigenvalue weighted by molar-refractivity contribution is 5.83. The lowest BCUT2D eigenvalue weighted by molar-refractivity contribution is 0.835. The van der Waals surface area contributed by atoms with Crippen LogP contribution in [0.1, 0.15) is 81.5 Å². The van der Waals surface area contributed by atoms with Gasteiger partial charge in [0.25, 0.3) is 0 Å². The Kier molecular flexibility index (Phi) is 6.18. The largest absolute Gasteiger partial charge is 0.278 e. The van der Waals surface area contributed by atoms with E-state index in [9.17, 15) is 0 Å². The van der Waals surface area contributed by atoms with E-state index in [1.807, 2.05) is 6.21 Å².